The maximum Gasteiger partial charge on any atom is 0.231 e. The molecule has 0 saturated carbocycles. The van der Waals surface area contributed by atoms with E-state index in [9.17, 15) is 15.0 Å². The molecule has 24 heavy (non-hydrogen) atoms. The summed E-state index contributed by atoms with van der Waals surface area (Å²) in [5.74, 6) is -0.199. The number of carbonyl (C=O) groups is 1. The number of aromatic hydroxyl groups is 2. The number of thiazole rings is 1. The number of hydrogen-bond acceptors (Lipinski definition) is 5. The Morgan fingerprint density at radius 2 is 1.92 bits per heavy atom. The van der Waals surface area contributed by atoms with Gasteiger partial charge in [-0.05, 0) is 31.2 Å². The van der Waals surface area contributed by atoms with Crippen LogP contribution in [0.2, 0.25) is 0 Å². The van der Waals surface area contributed by atoms with Crippen molar-refractivity contribution in [3.8, 4) is 22.8 Å². The van der Waals surface area contributed by atoms with E-state index < -0.39 is 0 Å². The number of benzene rings is 2. The molecule has 1 amide bonds. The van der Waals surface area contributed by atoms with Crippen LogP contribution in [-0.4, -0.2) is 21.1 Å². The molecule has 3 N–H and O–H groups in total. The van der Waals surface area contributed by atoms with Crippen molar-refractivity contribution < 1.29 is 15.0 Å². The third-order valence-electron chi connectivity index (χ3n) is 3.46. The van der Waals surface area contributed by atoms with Crippen molar-refractivity contribution >= 4 is 22.9 Å². The first kappa shape index (κ1) is 16.0. The van der Waals surface area contributed by atoms with Crippen LogP contribution in [0.3, 0.4) is 0 Å². The Morgan fingerprint density at radius 1 is 1.17 bits per heavy atom. The molecule has 1 aromatic heterocycles. The van der Waals surface area contributed by atoms with Gasteiger partial charge in [0.2, 0.25) is 5.91 Å². The van der Waals surface area contributed by atoms with Crippen molar-refractivity contribution in [2.45, 2.75) is 13.3 Å². The van der Waals surface area contributed by atoms with Crippen molar-refractivity contribution in [3.63, 3.8) is 0 Å². The number of rotatable bonds is 4. The van der Waals surface area contributed by atoms with E-state index in [1.165, 1.54) is 23.5 Å². The van der Waals surface area contributed by atoms with E-state index >= 15 is 0 Å². The average Bonchev–Trinajstić information content (AvgIpc) is 2.97. The molecule has 0 aliphatic carbocycles. The lowest BCUT2D eigenvalue weighted by Gasteiger charge is -2.04. The third kappa shape index (κ3) is 3.72. The molecule has 0 aliphatic heterocycles. The maximum absolute atomic E-state index is 12.1. The van der Waals surface area contributed by atoms with Crippen molar-refractivity contribution in [1.29, 1.82) is 0 Å². The SMILES string of the molecule is Cc1ccc(NC(=O)Cc2nc(-c3ccc(O)cc3O)cs2)cc1. The highest BCUT2D eigenvalue weighted by Gasteiger charge is 2.12. The summed E-state index contributed by atoms with van der Waals surface area (Å²) < 4.78 is 0. The molecular formula is C18H16N2O3S. The molecule has 0 spiro atoms. The molecule has 0 saturated heterocycles. The minimum atomic E-state index is -0.144. The van der Waals surface area contributed by atoms with E-state index in [0.717, 1.165) is 11.3 Å². The number of nitrogens with zero attached hydrogens (tertiary/aromatic N) is 1. The Kier molecular flexibility index (Phi) is 4.48. The van der Waals surface area contributed by atoms with E-state index in [2.05, 4.69) is 10.3 Å². The zero-order chi connectivity index (χ0) is 17.1. The molecule has 0 atom stereocenters. The predicted octanol–water partition coefficient (Wildman–Crippen LogP) is 3.71. The molecule has 2 aromatic carbocycles. The lowest BCUT2D eigenvalue weighted by molar-refractivity contribution is -0.115. The number of phenols is 2. The molecule has 0 aliphatic rings. The predicted molar refractivity (Wildman–Crippen MR) is 94.4 cm³/mol. The Labute approximate surface area is 143 Å². The van der Waals surface area contributed by atoms with Gasteiger partial charge in [-0.1, -0.05) is 17.7 Å². The molecule has 0 radical (unpaired) electrons. The second-order valence-electron chi connectivity index (χ2n) is 5.42. The number of nitrogens with one attached hydrogen (secondary N) is 1. The van der Waals surface area contributed by atoms with Gasteiger partial charge in [-0.2, -0.15) is 0 Å². The second-order valence-corrected chi connectivity index (χ2v) is 6.36. The molecule has 0 unspecified atom stereocenters. The summed E-state index contributed by atoms with van der Waals surface area (Å²) in [6, 6.07) is 11.9. The zero-order valence-corrected chi connectivity index (χ0v) is 13.8. The van der Waals surface area contributed by atoms with Crippen molar-refractivity contribution in [1.82, 2.24) is 4.98 Å². The summed E-state index contributed by atoms with van der Waals surface area (Å²) in [4.78, 5) is 16.5. The fourth-order valence-electron chi connectivity index (χ4n) is 2.23. The van der Waals surface area contributed by atoms with Crippen LogP contribution >= 0.6 is 11.3 Å². The summed E-state index contributed by atoms with van der Waals surface area (Å²) >= 11 is 1.35. The molecule has 5 nitrogen and oxygen atoms in total. The molecule has 3 aromatic rings. The molecule has 122 valence electrons. The first-order valence-electron chi connectivity index (χ1n) is 7.34. The van der Waals surface area contributed by atoms with Gasteiger partial charge in [-0.25, -0.2) is 4.98 Å². The van der Waals surface area contributed by atoms with Gasteiger partial charge < -0.3 is 15.5 Å². The highest BCUT2D eigenvalue weighted by atomic mass is 32.1. The van der Waals surface area contributed by atoms with Crippen LogP contribution in [0.1, 0.15) is 10.6 Å². The van der Waals surface area contributed by atoms with E-state index in [4.69, 9.17) is 0 Å². The topological polar surface area (TPSA) is 82.5 Å². The zero-order valence-electron chi connectivity index (χ0n) is 13.0. The molecular weight excluding hydrogens is 324 g/mol. The first-order chi connectivity index (χ1) is 11.5. The molecule has 6 heteroatoms. The molecule has 1 heterocycles. The van der Waals surface area contributed by atoms with E-state index in [1.807, 2.05) is 31.2 Å². The number of anilines is 1. The van der Waals surface area contributed by atoms with E-state index in [-0.39, 0.29) is 23.8 Å². The van der Waals surface area contributed by atoms with Gasteiger partial charge >= 0.3 is 0 Å². The third-order valence-corrected chi connectivity index (χ3v) is 4.30. The Morgan fingerprint density at radius 3 is 2.62 bits per heavy atom. The van der Waals surface area contributed by atoms with Crippen molar-refractivity contribution in [2.75, 3.05) is 5.32 Å². The maximum atomic E-state index is 12.1. The minimum absolute atomic E-state index is 0.0100. The lowest BCUT2D eigenvalue weighted by Crippen LogP contribution is -2.14. The standard InChI is InChI=1S/C18H16N2O3S/c1-11-2-4-12(5-3-11)19-17(23)9-18-20-15(10-24-18)14-7-6-13(21)8-16(14)22/h2-8,10,21-22H,9H2,1H3,(H,19,23). The van der Waals surface area contributed by atoms with Crippen LogP contribution in [0.25, 0.3) is 11.3 Å². The van der Waals surface area contributed by atoms with Gasteiger partial charge in [0, 0.05) is 22.7 Å². The van der Waals surface area contributed by atoms with Crippen LogP contribution in [0.5, 0.6) is 11.5 Å². The average molecular weight is 340 g/mol. The van der Waals surface area contributed by atoms with Gasteiger partial charge in [-0.15, -0.1) is 11.3 Å². The number of hydrogen-bond donors (Lipinski definition) is 3. The van der Waals surface area contributed by atoms with Gasteiger partial charge in [0.15, 0.2) is 0 Å². The highest BCUT2D eigenvalue weighted by Crippen LogP contribution is 2.32. The molecule has 0 fully saturated rings. The monoisotopic (exact) mass is 340 g/mol. The summed E-state index contributed by atoms with van der Waals surface area (Å²) in [5, 5.41) is 24.5. The van der Waals surface area contributed by atoms with E-state index in [1.54, 1.807) is 11.4 Å². The van der Waals surface area contributed by atoms with Gasteiger partial charge in [0.1, 0.15) is 16.5 Å². The highest BCUT2D eigenvalue weighted by molar-refractivity contribution is 7.10. The normalized spacial score (nSPS) is 10.5. The summed E-state index contributed by atoms with van der Waals surface area (Å²) in [6.07, 6.45) is 0.164. The quantitative estimate of drug-likeness (QED) is 0.676. The molecule has 3 rings (SSSR count). The number of aromatic nitrogens is 1. The Bertz CT molecular complexity index is 872. The van der Waals surface area contributed by atoms with Gasteiger partial charge in [0.05, 0.1) is 12.1 Å². The summed E-state index contributed by atoms with van der Waals surface area (Å²) in [5.41, 5.74) is 2.98. The Balaban J connectivity index is 1.69. The first-order valence-corrected chi connectivity index (χ1v) is 8.22. The number of amides is 1. The summed E-state index contributed by atoms with van der Waals surface area (Å²) in [6.45, 7) is 1.99. The van der Waals surface area contributed by atoms with Crippen LogP contribution in [-0.2, 0) is 11.2 Å². The largest absolute Gasteiger partial charge is 0.508 e. The fraction of sp³-hybridized carbons (Fsp3) is 0.111. The second kappa shape index (κ2) is 6.72. The molecule has 0 bridgehead atoms. The smallest absolute Gasteiger partial charge is 0.231 e. The minimum Gasteiger partial charge on any atom is -0.508 e. The lowest BCUT2D eigenvalue weighted by atomic mass is 10.1. The Hall–Kier alpha value is -2.86. The van der Waals surface area contributed by atoms with Gasteiger partial charge in [-0.3, -0.25) is 4.79 Å². The van der Waals surface area contributed by atoms with Crippen LogP contribution in [0.15, 0.2) is 47.8 Å². The number of phenolic OH excluding ortho intramolecular Hbond substituents is 2. The van der Waals surface area contributed by atoms with Crippen molar-refractivity contribution in [3.05, 3.63) is 58.4 Å². The van der Waals surface area contributed by atoms with Gasteiger partial charge in [0.25, 0.3) is 0 Å². The van der Waals surface area contributed by atoms with E-state index in [0.29, 0.717) is 16.3 Å². The summed E-state index contributed by atoms with van der Waals surface area (Å²) in [7, 11) is 0. The van der Waals surface area contributed by atoms with Crippen LogP contribution in [0.4, 0.5) is 5.69 Å². The van der Waals surface area contributed by atoms with Crippen LogP contribution < -0.4 is 5.32 Å². The number of carbonyl (C=O) groups excluding carboxylic acids is 1. The fourth-order valence-corrected chi connectivity index (χ4v) is 3.02. The van der Waals surface area contributed by atoms with Crippen LogP contribution in [0, 0.1) is 6.92 Å². The van der Waals surface area contributed by atoms with Crippen molar-refractivity contribution in [2.24, 2.45) is 0 Å². The number of aryl methyl sites for hydroxylation is 1.